The van der Waals surface area contributed by atoms with Crippen molar-refractivity contribution in [2.75, 3.05) is 18.0 Å². The van der Waals surface area contributed by atoms with Crippen molar-refractivity contribution in [2.45, 2.75) is 25.7 Å². The van der Waals surface area contributed by atoms with E-state index in [0.717, 1.165) is 15.4 Å². The number of carbonyl (C=O) groups excluding carboxylic acids is 1. The molecule has 7 heteroatoms. The lowest BCUT2D eigenvalue weighted by atomic mass is 10.2. The van der Waals surface area contributed by atoms with E-state index in [-0.39, 0.29) is 10.6 Å². The molecule has 0 aliphatic heterocycles. The van der Waals surface area contributed by atoms with Gasteiger partial charge >= 0.3 is 0 Å². The van der Waals surface area contributed by atoms with Crippen LogP contribution >= 0.6 is 0 Å². The van der Waals surface area contributed by atoms with E-state index in [1.54, 1.807) is 60.7 Å². The van der Waals surface area contributed by atoms with Crippen molar-refractivity contribution in [3.05, 3.63) is 89.5 Å². The molecule has 0 radical (unpaired) electrons. The molecule has 0 N–H and O–H groups in total. The van der Waals surface area contributed by atoms with E-state index < -0.39 is 15.9 Å². The van der Waals surface area contributed by atoms with Gasteiger partial charge in [0.1, 0.15) is 0 Å². The molecule has 172 valence electrons. The molecule has 1 amide bonds. The molecular formula is C26H27NO5S. The molecule has 0 fully saturated rings. The average Bonchev–Trinajstić information content (AvgIpc) is 2.80. The van der Waals surface area contributed by atoms with Crippen molar-refractivity contribution in [1.82, 2.24) is 0 Å². The Bertz CT molecular complexity index is 1250. The fourth-order valence-corrected chi connectivity index (χ4v) is 4.57. The minimum atomic E-state index is -4.13. The van der Waals surface area contributed by atoms with Gasteiger partial charge in [0.2, 0.25) is 0 Å². The number of ether oxygens (including phenoxy) is 2. The van der Waals surface area contributed by atoms with Crippen LogP contribution in [-0.2, 0) is 14.8 Å². The van der Waals surface area contributed by atoms with Gasteiger partial charge in [-0.2, -0.15) is 4.31 Å². The topological polar surface area (TPSA) is 72.9 Å². The summed E-state index contributed by atoms with van der Waals surface area (Å²) < 4.78 is 38.5. The number of anilines is 1. The summed E-state index contributed by atoms with van der Waals surface area (Å²) in [5.41, 5.74) is 2.81. The molecular weight excluding hydrogens is 438 g/mol. The summed E-state index contributed by atoms with van der Waals surface area (Å²) in [5.74, 6) is 0.424. The average molecular weight is 466 g/mol. The lowest BCUT2D eigenvalue weighted by Gasteiger charge is -2.21. The Hall–Kier alpha value is -3.58. The van der Waals surface area contributed by atoms with Crippen molar-refractivity contribution in [1.29, 1.82) is 0 Å². The molecule has 0 aromatic heterocycles. The van der Waals surface area contributed by atoms with Gasteiger partial charge < -0.3 is 9.47 Å². The quantitative estimate of drug-likeness (QED) is 0.431. The summed E-state index contributed by atoms with van der Waals surface area (Å²) in [4.78, 5) is 13.3. The number of amides is 1. The molecule has 0 unspecified atom stereocenters. The number of methoxy groups -OCH3 is 1. The van der Waals surface area contributed by atoms with E-state index in [9.17, 15) is 13.2 Å². The van der Waals surface area contributed by atoms with Crippen molar-refractivity contribution in [3.8, 4) is 11.5 Å². The highest BCUT2D eigenvalue weighted by Crippen LogP contribution is 2.29. The minimum absolute atomic E-state index is 0.0400. The van der Waals surface area contributed by atoms with Gasteiger partial charge in [-0.15, -0.1) is 0 Å². The van der Waals surface area contributed by atoms with E-state index in [1.165, 1.54) is 25.3 Å². The molecule has 3 aromatic carbocycles. The Morgan fingerprint density at radius 3 is 2.09 bits per heavy atom. The van der Waals surface area contributed by atoms with E-state index in [0.29, 0.717) is 23.7 Å². The Morgan fingerprint density at radius 2 is 1.52 bits per heavy atom. The Kier molecular flexibility index (Phi) is 7.55. The number of hydrogen-bond donors (Lipinski definition) is 0. The van der Waals surface area contributed by atoms with Crippen molar-refractivity contribution < 1.29 is 22.7 Å². The summed E-state index contributed by atoms with van der Waals surface area (Å²) in [6, 6.07) is 18.4. The number of hydrogen-bond acceptors (Lipinski definition) is 5. The standard InChI is InChI=1S/C26H27NO5S/c1-5-32-24-16-10-21(18-25(24)31-4)11-17-26(28)27(22-12-6-19(2)7-13-22)33(29,30)23-14-8-20(3)9-15-23/h6-18H,5H2,1-4H3/b17-11+. The van der Waals surface area contributed by atoms with Gasteiger partial charge in [-0.25, -0.2) is 8.42 Å². The third-order valence-corrected chi connectivity index (χ3v) is 6.67. The zero-order chi connectivity index (χ0) is 24.0. The molecule has 0 atom stereocenters. The second-order valence-electron chi connectivity index (χ2n) is 7.43. The number of carbonyl (C=O) groups is 1. The first-order valence-corrected chi connectivity index (χ1v) is 11.9. The molecule has 0 aliphatic rings. The second-order valence-corrected chi connectivity index (χ2v) is 9.22. The monoisotopic (exact) mass is 465 g/mol. The van der Waals surface area contributed by atoms with Crippen LogP contribution < -0.4 is 13.8 Å². The van der Waals surface area contributed by atoms with Crippen LogP contribution in [0.25, 0.3) is 6.08 Å². The highest BCUT2D eigenvalue weighted by atomic mass is 32.2. The SMILES string of the molecule is CCOc1ccc(/C=C/C(=O)N(c2ccc(C)cc2)S(=O)(=O)c2ccc(C)cc2)cc1OC. The van der Waals surface area contributed by atoms with Crippen LogP contribution in [-0.4, -0.2) is 28.0 Å². The number of aryl methyl sites for hydroxylation is 2. The van der Waals surface area contributed by atoms with Gasteiger partial charge in [-0.3, -0.25) is 4.79 Å². The summed E-state index contributed by atoms with van der Waals surface area (Å²) in [6.45, 7) is 6.13. The molecule has 0 heterocycles. The second kappa shape index (κ2) is 10.4. The summed E-state index contributed by atoms with van der Waals surface area (Å²) in [7, 11) is -2.59. The fraction of sp³-hybridized carbons (Fsp3) is 0.192. The molecule has 0 bridgehead atoms. The maximum absolute atomic E-state index is 13.4. The number of nitrogens with zero attached hydrogens (tertiary/aromatic N) is 1. The Morgan fingerprint density at radius 1 is 0.909 bits per heavy atom. The summed E-state index contributed by atoms with van der Waals surface area (Å²) >= 11 is 0. The normalized spacial score (nSPS) is 11.4. The smallest absolute Gasteiger partial charge is 0.271 e. The van der Waals surface area contributed by atoms with Gasteiger partial charge in [0, 0.05) is 6.08 Å². The van der Waals surface area contributed by atoms with Gasteiger partial charge in [0.05, 0.1) is 24.3 Å². The third kappa shape index (κ3) is 5.62. The Labute approximate surface area is 195 Å². The first kappa shape index (κ1) is 24.1. The molecule has 3 aromatic rings. The number of rotatable bonds is 8. The summed E-state index contributed by atoms with van der Waals surface area (Å²) in [5, 5.41) is 0. The van der Waals surface area contributed by atoms with Crippen LogP contribution in [0.5, 0.6) is 11.5 Å². The maximum atomic E-state index is 13.4. The zero-order valence-corrected chi connectivity index (χ0v) is 19.9. The predicted octanol–water partition coefficient (Wildman–Crippen LogP) is 5.15. The molecule has 0 saturated carbocycles. The highest BCUT2D eigenvalue weighted by molar-refractivity contribution is 7.93. The molecule has 0 spiro atoms. The first-order chi connectivity index (χ1) is 15.8. The van der Waals surface area contributed by atoms with E-state index >= 15 is 0 Å². The van der Waals surface area contributed by atoms with Crippen molar-refractivity contribution in [2.24, 2.45) is 0 Å². The third-order valence-electron chi connectivity index (χ3n) is 4.93. The zero-order valence-electron chi connectivity index (χ0n) is 19.1. The fourth-order valence-electron chi connectivity index (χ4n) is 3.18. The van der Waals surface area contributed by atoms with Crippen molar-refractivity contribution in [3.63, 3.8) is 0 Å². The lowest BCUT2D eigenvalue weighted by molar-refractivity contribution is -0.113. The van der Waals surface area contributed by atoms with Crippen LogP contribution in [0.15, 0.2) is 77.7 Å². The van der Waals surface area contributed by atoms with E-state index in [2.05, 4.69) is 0 Å². The van der Waals surface area contributed by atoms with Gasteiger partial charge in [0.15, 0.2) is 11.5 Å². The van der Waals surface area contributed by atoms with Crippen LogP contribution in [0.3, 0.4) is 0 Å². The van der Waals surface area contributed by atoms with Gasteiger partial charge in [-0.05, 0) is 68.8 Å². The predicted molar refractivity (Wildman–Crippen MR) is 130 cm³/mol. The van der Waals surface area contributed by atoms with E-state index in [4.69, 9.17) is 9.47 Å². The number of sulfonamides is 1. The Balaban J connectivity index is 1.99. The molecule has 6 nitrogen and oxygen atoms in total. The largest absolute Gasteiger partial charge is 0.493 e. The van der Waals surface area contributed by atoms with Crippen LogP contribution in [0.2, 0.25) is 0 Å². The molecule has 0 saturated heterocycles. The lowest BCUT2D eigenvalue weighted by Crippen LogP contribution is -2.35. The minimum Gasteiger partial charge on any atom is -0.493 e. The first-order valence-electron chi connectivity index (χ1n) is 10.5. The molecule has 3 rings (SSSR count). The van der Waals surface area contributed by atoms with Gasteiger partial charge in [-0.1, -0.05) is 41.5 Å². The number of benzene rings is 3. The molecule has 0 aliphatic carbocycles. The van der Waals surface area contributed by atoms with Crippen LogP contribution in [0.4, 0.5) is 5.69 Å². The van der Waals surface area contributed by atoms with Crippen LogP contribution in [0.1, 0.15) is 23.6 Å². The maximum Gasteiger partial charge on any atom is 0.271 e. The van der Waals surface area contributed by atoms with Gasteiger partial charge in [0.25, 0.3) is 15.9 Å². The van der Waals surface area contributed by atoms with E-state index in [1.807, 2.05) is 20.8 Å². The highest BCUT2D eigenvalue weighted by Gasteiger charge is 2.29. The van der Waals surface area contributed by atoms with Crippen LogP contribution in [0, 0.1) is 13.8 Å². The molecule has 33 heavy (non-hydrogen) atoms. The summed E-state index contributed by atoms with van der Waals surface area (Å²) in [6.07, 6.45) is 2.78. The van der Waals surface area contributed by atoms with Crippen molar-refractivity contribution >= 4 is 27.7 Å².